The van der Waals surface area contributed by atoms with Gasteiger partial charge >= 0.3 is 0 Å². The highest BCUT2D eigenvalue weighted by atomic mass is 16.2. The standard InChI is InChI=1S/C55H111N5O2/c1-5-9-13-17-21-24-27-31-35-39-43-57(44-40-36-32-28-25-22-18-14-10-6-2)46-47-58(45-41-37-33-29-26-23-19-15-11-7-3)53-55(62)60-50-48-59(49-51-60)54(61)52-56-42-38-34-30-20-16-12-8-4/h56H,5-53H2,1-4H3. The molecule has 2 amide bonds. The van der Waals surface area contributed by atoms with E-state index in [-0.39, 0.29) is 11.8 Å². The minimum atomic E-state index is 0.188. The van der Waals surface area contributed by atoms with E-state index in [9.17, 15) is 9.59 Å². The van der Waals surface area contributed by atoms with E-state index in [4.69, 9.17) is 0 Å². The molecule has 7 nitrogen and oxygen atoms in total. The van der Waals surface area contributed by atoms with Crippen LogP contribution in [0, 0.1) is 0 Å². The van der Waals surface area contributed by atoms with E-state index in [2.05, 4.69) is 42.8 Å². The van der Waals surface area contributed by atoms with E-state index in [1.165, 1.54) is 244 Å². The number of nitrogens with zero attached hydrogens (tertiary/aromatic N) is 4. The Hall–Kier alpha value is -1.18. The Bertz CT molecular complexity index is 917. The van der Waals surface area contributed by atoms with Crippen molar-refractivity contribution >= 4 is 11.8 Å². The molecule has 0 spiro atoms. The van der Waals surface area contributed by atoms with Crippen molar-refractivity contribution in [2.24, 2.45) is 0 Å². The van der Waals surface area contributed by atoms with Gasteiger partial charge in [0.05, 0.1) is 13.1 Å². The molecule has 1 fully saturated rings. The molecule has 1 heterocycles. The summed E-state index contributed by atoms with van der Waals surface area (Å²) < 4.78 is 0. The van der Waals surface area contributed by atoms with Crippen molar-refractivity contribution in [3.8, 4) is 0 Å². The molecule has 7 heteroatoms. The Morgan fingerprint density at radius 2 is 0.613 bits per heavy atom. The molecule has 1 aliphatic rings. The maximum atomic E-state index is 13.9. The molecular weight excluding hydrogens is 763 g/mol. The van der Waals surface area contributed by atoms with E-state index < -0.39 is 0 Å². The van der Waals surface area contributed by atoms with Crippen molar-refractivity contribution in [2.75, 3.05) is 78.5 Å². The van der Waals surface area contributed by atoms with Gasteiger partial charge in [0.1, 0.15) is 0 Å². The van der Waals surface area contributed by atoms with E-state index in [0.29, 0.717) is 39.3 Å². The van der Waals surface area contributed by atoms with Crippen LogP contribution in [0.15, 0.2) is 0 Å². The molecule has 0 aromatic heterocycles. The number of amides is 2. The lowest BCUT2D eigenvalue weighted by Gasteiger charge is -2.36. The summed E-state index contributed by atoms with van der Waals surface area (Å²) in [5.74, 6) is 0.449. The minimum absolute atomic E-state index is 0.188. The smallest absolute Gasteiger partial charge is 0.236 e. The van der Waals surface area contributed by atoms with Crippen molar-refractivity contribution < 1.29 is 9.59 Å². The monoisotopic (exact) mass is 874 g/mol. The lowest BCUT2D eigenvalue weighted by Crippen LogP contribution is -2.54. The summed E-state index contributed by atoms with van der Waals surface area (Å²) in [5, 5.41) is 3.39. The van der Waals surface area contributed by atoms with E-state index >= 15 is 0 Å². The molecular formula is C55H111N5O2. The maximum absolute atomic E-state index is 13.9. The lowest BCUT2D eigenvalue weighted by molar-refractivity contribution is -0.139. The van der Waals surface area contributed by atoms with Crippen LogP contribution in [0.25, 0.3) is 0 Å². The van der Waals surface area contributed by atoms with Gasteiger partial charge in [-0.2, -0.15) is 0 Å². The number of carbonyl (C=O) groups excluding carboxylic acids is 2. The summed E-state index contributed by atoms with van der Waals surface area (Å²) in [7, 11) is 0. The Balaban J connectivity index is 2.66. The van der Waals surface area contributed by atoms with Gasteiger partial charge in [-0.05, 0) is 51.9 Å². The van der Waals surface area contributed by atoms with Gasteiger partial charge in [0.2, 0.25) is 11.8 Å². The van der Waals surface area contributed by atoms with Gasteiger partial charge in [-0.3, -0.25) is 14.5 Å². The van der Waals surface area contributed by atoms with E-state index in [1.807, 2.05) is 9.80 Å². The largest absolute Gasteiger partial charge is 0.338 e. The number of hydrogen-bond donors (Lipinski definition) is 1. The van der Waals surface area contributed by atoms with Crippen LogP contribution >= 0.6 is 0 Å². The highest BCUT2D eigenvalue weighted by Gasteiger charge is 2.25. The second-order valence-electron chi connectivity index (χ2n) is 19.7. The second-order valence-corrected chi connectivity index (χ2v) is 19.7. The zero-order valence-electron chi connectivity index (χ0n) is 42.8. The van der Waals surface area contributed by atoms with Gasteiger partial charge in [0.15, 0.2) is 0 Å². The van der Waals surface area contributed by atoms with Crippen molar-refractivity contribution in [3.05, 3.63) is 0 Å². The molecule has 0 aromatic rings. The fourth-order valence-electron chi connectivity index (χ4n) is 9.37. The molecule has 0 aromatic carbocycles. The normalized spacial score (nSPS) is 13.3. The third kappa shape index (κ3) is 37.1. The SMILES string of the molecule is CCCCCCCCCCCCN(CCCCCCCCCCCC)CCN(CCCCCCCCCCCC)CC(=O)N1CCN(C(=O)CNCCCCCCCCC)CC1. The van der Waals surface area contributed by atoms with Crippen LogP contribution in [-0.4, -0.2) is 110 Å². The van der Waals surface area contributed by atoms with Crippen molar-refractivity contribution in [1.29, 1.82) is 0 Å². The third-order valence-corrected chi connectivity index (χ3v) is 13.8. The predicted molar refractivity (Wildman–Crippen MR) is 272 cm³/mol. The number of rotatable bonds is 48. The van der Waals surface area contributed by atoms with Crippen molar-refractivity contribution in [2.45, 2.75) is 265 Å². The van der Waals surface area contributed by atoms with Crippen LogP contribution in [0.1, 0.15) is 265 Å². The van der Waals surface area contributed by atoms with Crippen molar-refractivity contribution in [1.82, 2.24) is 24.9 Å². The Morgan fingerprint density at radius 3 is 0.968 bits per heavy atom. The fraction of sp³-hybridized carbons (Fsp3) is 0.964. The first-order valence-electron chi connectivity index (χ1n) is 28.3. The van der Waals surface area contributed by atoms with Crippen LogP contribution in [0.5, 0.6) is 0 Å². The number of carbonyl (C=O) groups is 2. The number of hydrogen-bond acceptors (Lipinski definition) is 5. The van der Waals surface area contributed by atoms with Crippen LogP contribution < -0.4 is 5.32 Å². The average molecular weight is 875 g/mol. The first-order chi connectivity index (χ1) is 30.5. The highest BCUT2D eigenvalue weighted by Crippen LogP contribution is 2.15. The molecule has 0 unspecified atom stereocenters. The summed E-state index contributed by atoms with van der Waals surface area (Å²) in [6, 6.07) is 0. The molecule has 0 atom stereocenters. The molecule has 1 aliphatic heterocycles. The van der Waals surface area contributed by atoms with Gasteiger partial charge in [-0.15, -0.1) is 0 Å². The molecule has 1 rings (SSSR count). The fourth-order valence-corrected chi connectivity index (χ4v) is 9.37. The van der Waals surface area contributed by atoms with Gasteiger partial charge in [0, 0.05) is 39.3 Å². The van der Waals surface area contributed by atoms with Gasteiger partial charge < -0.3 is 20.0 Å². The van der Waals surface area contributed by atoms with Gasteiger partial charge in [-0.1, -0.05) is 240 Å². The first-order valence-corrected chi connectivity index (χ1v) is 28.3. The second kappa shape index (κ2) is 46.4. The maximum Gasteiger partial charge on any atom is 0.236 e. The van der Waals surface area contributed by atoms with E-state index in [0.717, 1.165) is 32.6 Å². The minimum Gasteiger partial charge on any atom is -0.338 e. The Labute approximate surface area is 388 Å². The molecule has 0 saturated carbocycles. The Kier molecular flexibility index (Phi) is 44.0. The molecule has 1 saturated heterocycles. The van der Waals surface area contributed by atoms with Crippen molar-refractivity contribution in [3.63, 3.8) is 0 Å². The number of nitrogens with one attached hydrogen (secondary N) is 1. The summed E-state index contributed by atoms with van der Waals surface area (Å²) in [6.45, 7) is 19.2. The van der Waals surface area contributed by atoms with Crippen LogP contribution in [0.2, 0.25) is 0 Å². The predicted octanol–water partition coefficient (Wildman–Crippen LogP) is 14.4. The van der Waals surface area contributed by atoms with Crippen LogP contribution in [0.4, 0.5) is 0 Å². The quantitative estimate of drug-likeness (QED) is 0.0617. The summed E-state index contributed by atoms with van der Waals surface area (Å²) in [5.41, 5.74) is 0. The molecule has 1 N–H and O–H groups in total. The number of piperazine rings is 1. The van der Waals surface area contributed by atoms with Gasteiger partial charge in [0.25, 0.3) is 0 Å². The average Bonchev–Trinajstić information content (AvgIpc) is 3.28. The molecule has 0 aliphatic carbocycles. The molecule has 0 bridgehead atoms. The van der Waals surface area contributed by atoms with Gasteiger partial charge in [-0.25, -0.2) is 0 Å². The summed E-state index contributed by atoms with van der Waals surface area (Å²) in [4.78, 5) is 36.1. The molecule has 62 heavy (non-hydrogen) atoms. The lowest BCUT2D eigenvalue weighted by atomic mass is 10.1. The summed E-state index contributed by atoms with van der Waals surface area (Å²) >= 11 is 0. The molecule has 0 radical (unpaired) electrons. The highest BCUT2D eigenvalue weighted by molar-refractivity contribution is 5.80. The first kappa shape index (κ1) is 58.8. The zero-order chi connectivity index (χ0) is 44.8. The van der Waals surface area contributed by atoms with Crippen LogP contribution in [0.3, 0.4) is 0 Å². The Morgan fingerprint density at radius 1 is 0.339 bits per heavy atom. The summed E-state index contributed by atoms with van der Waals surface area (Å²) in [6.07, 6.45) is 50.2. The topological polar surface area (TPSA) is 59.1 Å². The third-order valence-electron chi connectivity index (χ3n) is 13.8. The number of unbranched alkanes of at least 4 members (excludes halogenated alkanes) is 33. The molecule has 368 valence electrons. The zero-order valence-corrected chi connectivity index (χ0v) is 42.8. The van der Waals surface area contributed by atoms with Crippen LogP contribution in [-0.2, 0) is 9.59 Å². The van der Waals surface area contributed by atoms with E-state index in [1.54, 1.807) is 0 Å².